The number of aryl methyl sites for hydroxylation is 2. The van der Waals surface area contributed by atoms with E-state index in [9.17, 15) is 4.79 Å². The van der Waals surface area contributed by atoms with Gasteiger partial charge >= 0.3 is 0 Å². The van der Waals surface area contributed by atoms with E-state index in [1.54, 1.807) is 29.1 Å². The summed E-state index contributed by atoms with van der Waals surface area (Å²) >= 11 is 5.87. The number of ketones is 1. The number of carbonyl (C=O) groups is 1. The first-order chi connectivity index (χ1) is 8.56. The van der Waals surface area contributed by atoms with Crippen molar-refractivity contribution >= 4 is 23.1 Å². The molecule has 0 fully saturated rings. The van der Waals surface area contributed by atoms with Crippen LogP contribution in [0, 0.1) is 0 Å². The van der Waals surface area contributed by atoms with E-state index in [1.807, 2.05) is 13.1 Å². The van der Waals surface area contributed by atoms with Crippen LogP contribution in [0.25, 0.3) is 0 Å². The second-order valence-electron chi connectivity index (χ2n) is 4.14. The largest absolute Gasteiger partial charge is 0.399 e. The quantitative estimate of drug-likeness (QED) is 0.681. The Kier molecular flexibility index (Phi) is 3.67. The molecular formula is C13H14ClN3O. The maximum absolute atomic E-state index is 12.0. The first-order valence-electron chi connectivity index (χ1n) is 5.62. The first kappa shape index (κ1) is 12.6. The van der Waals surface area contributed by atoms with E-state index < -0.39 is 0 Å². The third kappa shape index (κ3) is 2.90. The molecule has 1 aromatic carbocycles. The van der Waals surface area contributed by atoms with Gasteiger partial charge in [0.2, 0.25) is 0 Å². The van der Waals surface area contributed by atoms with Crippen LogP contribution in [0.4, 0.5) is 5.69 Å². The molecule has 2 N–H and O–H groups in total. The van der Waals surface area contributed by atoms with Gasteiger partial charge in [-0.3, -0.25) is 9.48 Å². The van der Waals surface area contributed by atoms with Crippen LogP contribution >= 0.6 is 11.6 Å². The highest BCUT2D eigenvalue weighted by molar-refractivity contribution is 6.31. The highest BCUT2D eigenvalue weighted by atomic mass is 35.5. The second-order valence-corrected chi connectivity index (χ2v) is 4.58. The number of nitrogen functional groups attached to an aromatic ring is 1. The van der Waals surface area contributed by atoms with Gasteiger partial charge in [0, 0.05) is 41.6 Å². The van der Waals surface area contributed by atoms with Crippen LogP contribution < -0.4 is 5.73 Å². The number of carbonyl (C=O) groups excluding carboxylic acids is 1. The van der Waals surface area contributed by atoms with E-state index in [1.165, 1.54) is 0 Å². The fourth-order valence-corrected chi connectivity index (χ4v) is 2.05. The van der Waals surface area contributed by atoms with Gasteiger partial charge in [0.1, 0.15) is 0 Å². The van der Waals surface area contributed by atoms with E-state index >= 15 is 0 Å². The van der Waals surface area contributed by atoms with Crippen molar-refractivity contribution in [3.8, 4) is 0 Å². The van der Waals surface area contributed by atoms with Gasteiger partial charge in [-0.15, -0.1) is 0 Å². The van der Waals surface area contributed by atoms with Gasteiger partial charge in [-0.1, -0.05) is 11.6 Å². The summed E-state index contributed by atoms with van der Waals surface area (Å²) in [7, 11) is 1.86. The standard InChI is InChI=1S/C13H14ClN3O/c1-17-12(4-5-16-17)2-3-13(18)9-6-10(14)8-11(15)7-9/h4-8H,2-3,15H2,1H3. The number of nitrogens with two attached hydrogens (primary N) is 1. The molecule has 2 rings (SSSR count). The Hall–Kier alpha value is -1.81. The second kappa shape index (κ2) is 5.23. The van der Waals surface area contributed by atoms with Crippen molar-refractivity contribution in [3.05, 3.63) is 46.7 Å². The molecule has 0 aliphatic heterocycles. The number of aromatic nitrogens is 2. The van der Waals surface area contributed by atoms with Gasteiger partial charge in [-0.2, -0.15) is 5.10 Å². The molecule has 2 aromatic rings. The Morgan fingerprint density at radius 2 is 2.22 bits per heavy atom. The molecule has 0 saturated carbocycles. The van der Waals surface area contributed by atoms with Crippen molar-refractivity contribution in [3.63, 3.8) is 0 Å². The van der Waals surface area contributed by atoms with E-state index in [4.69, 9.17) is 17.3 Å². The van der Waals surface area contributed by atoms with Crippen LogP contribution in [-0.2, 0) is 13.5 Å². The summed E-state index contributed by atoms with van der Waals surface area (Å²) in [6, 6.07) is 6.82. The minimum atomic E-state index is 0.0328. The lowest BCUT2D eigenvalue weighted by molar-refractivity contribution is 0.0982. The molecule has 0 aliphatic carbocycles. The van der Waals surface area contributed by atoms with Crippen LogP contribution in [0.5, 0.6) is 0 Å². The molecule has 0 aliphatic rings. The molecule has 4 nitrogen and oxygen atoms in total. The van der Waals surface area contributed by atoms with Crippen molar-refractivity contribution in [2.45, 2.75) is 12.8 Å². The zero-order valence-corrected chi connectivity index (χ0v) is 10.8. The van der Waals surface area contributed by atoms with E-state index in [2.05, 4.69) is 5.10 Å². The Morgan fingerprint density at radius 1 is 1.44 bits per heavy atom. The summed E-state index contributed by atoms with van der Waals surface area (Å²) in [6.45, 7) is 0. The molecule has 1 heterocycles. The van der Waals surface area contributed by atoms with E-state index in [-0.39, 0.29) is 5.78 Å². The molecule has 18 heavy (non-hydrogen) atoms. The summed E-state index contributed by atoms with van der Waals surface area (Å²) in [4.78, 5) is 12.0. The predicted molar refractivity (Wildman–Crippen MR) is 71.7 cm³/mol. The number of hydrogen-bond acceptors (Lipinski definition) is 3. The molecule has 0 atom stereocenters. The number of halogens is 1. The number of rotatable bonds is 4. The highest BCUT2D eigenvalue weighted by Crippen LogP contribution is 2.18. The summed E-state index contributed by atoms with van der Waals surface area (Å²) < 4.78 is 1.76. The van der Waals surface area contributed by atoms with Crippen molar-refractivity contribution in [2.75, 3.05) is 5.73 Å². The van der Waals surface area contributed by atoms with Crippen molar-refractivity contribution in [2.24, 2.45) is 7.05 Å². The summed E-state index contributed by atoms with van der Waals surface area (Å²) in [5, 5.41) is 4.54. The molecule has 5 heteroatoms. The fourth-order valence-electron chi connectivity index (χ4n) is 1.81. The maximum atomic E-state index is 12.0. The van der Waals surface area contributed by atoms with Crippen LogP contribution in [0.1, 0.15) is 22.5 Å². The molecule has 0 radical (unpaired) electrons. The van der Waals surface area contributed by atoms with Crippen LogP contribution in [0.2, 0.25) is 5.02 Å². The Bertz CT molecular complexity index is 557. The highest BCUT2D eigenvalue weighted by Gasteiger charge is 2.09. The molecule has 0 bridgehead atoms. The van der Waals surface area contributed by atoms with Crippen molar-refractivity contribution in [1.82, 2.24) is 9.78 Å². The van der Waals surface area contributed by atoms with Crippen LogP contribution in [0.15, 0.2) is 30.5 Å². The van der Waals surface area contributed by atoms with Gasteiger partial charge in [0.25, 0.3) is 0 Å². The minimum Gasteiger partial charge on any atom is -0.399 e. The van der Waals surface area contributed by atoms with Crippen LogP contribution in [0.3, 0.4) is 0 Å². The normalized spacial score (nSPS) is 10.6. The summed E-state index contributed by atoms with van der Waals surface area (Å²) in [5.41, 5.74) is 7.75. The average molecular weight is 264 g/mol. The van der Waals surface area contributed by atoms with Crippen LogP contribution in [-0.4, -0.2) is 15.6 Å². The molecular weight excluding hydrogens is 250 g/mol. The molecule has 0 amide bonds. The van der Waals surface area contributed by atoms with E-state index in [0.717, 1.165) is 5.69 Å². The minimum absolute atomic E-state index is 0.0328. The van der Waals surface area contributed by atoms with Gasteiger partial charge in [0.05, 0.1) is 0 Å². The SMILES string of the molecule is Cn1nccc1CCC(=O)c1cc(N)cc(Cl)c1. The molecule has 0 spiro atoms. The summed E-state index contributed by atoms with van der Waals surface area (Å²) in [6.07, 6.45) is 2.79. The fraction of sp³-hybridized carbons (Fsp3) is 0.231. The van der Waals surface area contributed by atoms with E-state index in [0.29, 0.717) is 29.1 Å². The zero-order valence-electron chi connectivity index (χ0n) is 10.1. The molecule has 94 valence electrons. The lowest BCUT2D eigenvalue weighted by atomic mass is 10.0. The predicted octanol–water partition coefficient (Wildman–Crippen LogP) is 2.47. The number of hydrogen-bond donors (Lipinski definition) is 1. The lowest BCUT2D eigenvalue weighted by Gasteiger charge is -2.04. The maximum Gasteiger partial charge on any atom is 0.163 e. The number of anilines is 1. The van der Waals surface area contributed by atoms with Gasteiger partial charge in [-0.25, -0.2) is 0 Å². The van der Waals surface area contributed by atoms with Crippen molar-refractivity contribution < 1.29 is 4.79 Å². The van der Waals surface area contributed by atoms with Crippen molar-refractivity contribution in [1.29, 1.82) is 0 Å². The third-order valence-corrected chi connectivity index (χ3v) is 2.99. The Balaban J connectivity index is 2.06. The monoisotopic (exact) mass is 263 g/mol. The average Bonchev–Trinajstić information content (AvgIpc) is 2.70. The molecule has 0 saturated heterocycles. The smallest absolute Gasteiger partial charge is 0.163 e. The van der Waals surface area contributed by atoms with Gasteiger partial charge in [0.15, 0.2) is 5.78 Å². The molecule has 0 unspecified atom stereocenters. The number of nitrogens with zero attached hydrogens (tertiary/aromatic N) is 2. The van der Waals surface area contributed by atoms with Gasteiger partial charge in [-0.05, 0) is 30.7 Å². The van der Waals surface area contributed by atoms with Gasteiger partial charge < -0.3 is 5.73 Å². The Morgan fingerprint density at radius 3 is 2.83 bits per heavy atom. The first-order valence-corrected chi connectivity index (χ1v) is 6.00. The zero-order chi connectivity index (χ0) is 13.1. The number of Topliss-reactive ketones (excluding diaryl/α,β-unsaturated/α-hetero) is 1. The molecule has 1 aromatic heterocycles. The Labute approximate surface area is 110 Å². The summed E-state index contributed by atoms with van der Waals surface area (Å²) in [5.74, 6) is 0.0328. The topological polar surface area (TPSA) is 60.9 Å². The lowest BCUT2D eigenvalue weighted by Crippen LogP contribution is -2.05. The third-order valence-electron chi connectivity index (χ3n) is 2.77. The number of benzene rings is 1.